The number of thioether (sulfide) groups is 1. The SMILES string of the molecule is CCCn1c(SCCCc2ccccc2)nnc1-c1ccccc1. The zero-order valence-corrected chi connectivity index (χ0v) is 14.9. The second-order valence-corrected chi connectivity index (χ2v) is 6.82. The summed E-state index contributed by atoms with van der Waals surface area (Å²) in [4.78, 5) is 0. The van der Waals surface area contributed by atoms with Crippen molar-refractivity contribution >= 4 is 11.8 Å². The third-order valence-electron chi connectivity index (χ3n) is 3.88. The molecule has 0 radical (unpaired) electrons. The average Bonchev–Trinajstić information content (AvgIpc) is 3.03. The van der Waals surface area contributed by atoms with Crippen molar-refractivity contribution < 1.29 is 0 Å². The van der Waals surface area contributed by atoms with E-state index in [0.717, 1.165) is 48.1 Å². The van der Waals surface area contributed by atoms with Gasteiger partial charge in [-0.25, -0.2) is 0 Å². The van der Waals surface area contributed by atoms with Crippen molar-refractivity contribution in [3.8, 4) is 11.4 Å². The summed E-state index contributed by atoms with van der Waals surface area (Å²) in [5.41, 5.74) is 2.53. The molecule has 3 rings (SSSR count). The third kappa shape index (κ3) is 4.26. The molecule has 0 spiro atoms. The molecule has 3 aromatic rings. The molecule has 0 aliphatic rings. The fraction of sp³-hybridized carbons (Fsp3) is 0.300. The van der Waals surface area contributed by atoms with E-state index in [1.54, 1.807) is 0 Å². The van der Waals surface area contributed by atoms with E-state index in [-0.39, 0.29) is 0 Å². The van der Waals surface area contributed by atoms with E-state index in [4.69, 9.17) is 0 Å². The number of aromatic nitrogens is 3. The summed E-state index contributed by atoms with van der Waals surface area (Å²) in [6, 6.07) is 21.0. The molecule has 124 valence electrons. The molecule has 0 atom stereocenters. The fourth-order valence-corrected chi connectivity index (χ4v) is 3.61. The zero-order valence-electron chi connectivity index (χ0n) is 14.1. The molecule has 0 amide bonds. The molecule has 0 saturated carbocycles. The van der Waals surface area contributed by atoms with Gasteiger partial charge in [0.1, 0.15) is 0 Å². The van der Waals surface area contributed by atoms with Crippen LogP contribution in [0.2, 0.25) is 0 Å². The Morgan fingerprint density at radius 2 is 1.62 bits per heavy atom. The Labute approximate surface area is 148 Å². The first kappa shape index (κ1) is 16.8. The molecular weight excluding hydrogens is 314 g/mol. The van der Waals surface area contributed by atoms with Crippen molar-refractivity contribution in [3.05, 3.63) is 66.2 Å². The Morgan fingerprint density at radius 3 is 2.33 bits per heavy atom. The van der Waals surface area contributed by atoms with Crippen LogP contribution in [0.25, 0.3) is 11.4 Å². The molecule has 4 heteroatoms. The maximum atomic E-state index is 4.43. The van der Waals surface area contributed by atoms with E-state index >= 15 is 0 Å². The van der Waals surface area contributed by atoms with E-state index in [2.05, 4.69) is 64.2 Å². The number of hydrogen-bond donors (Lipinski definition) is 0. The maximum absolute atomic E-state index is 4.43. The lowest BCUT2D eigenvalue weighted by atomic mass is 10.1. The van der Waals surface area contributed by atoms with Gasteiger partial charge < -0.3 is 4.57 Å². The van der Waals surface area contributed by atoms with Crippen molar-refractivity contribution in [1.29, 1.82) is 0 Å². The highest BCUT2D eigenvalue weighted by atomic mass is 32.2. The summed E-state index contributed by atoms with van der Waals surface area (Å²) in [5.74, 6) is 2.04. The Bertz CT molecular complexity index is 738. The summed E-state index contributed by atoms with van der Waals surface area (Å²) in [6.45, 7) is 3.15. The van der Waals surface area contributed by atoms with Crippen molar-refractivity contribution in [2.24, 2.45) is 0 Å². The predicted molar refractivity (Wildman–Crippen MR) is 101 cm³/mol. The molecular formula is C20H23N3S. The predicted octanol–water partition coefficient (Wildman–Crippen LogP) is 5.08. The average molecular weight is 337 g/mol. The minimum Gasteiger partial charge on any atom is -0.302 e. The monoisotopic (exact) mass is 337 g/mol. The van der Waals surface area contributed by atoms with Gasteiger partial charge in [0.2, 0.25) is 0 Å². The van der Waals surface area contributed by atoms with Gasteiger partial charge in [0.25, 0.3) is 0 Å². The second kappa shape index (κ2) is 8.69. The van der Waals surface area contributed by atoms with E-state index < -0.39 is 0 Å². The maximum Gasteiger partial charge on any atom is 0.191 e. The van der Waals surface area contributed by atoms with Gasteiger partial charge in [0.15, 0.2) is 11.0 Å². The van der Waals surface area contributed by atoms with Crippen LogP contribution in [-0.4, -0.2) is 20.5 Å². The van der Waals surface area contributed by atoms with Crippen LogP contribution in [0.15, 0.2) is 65.8 Å². The van der Waals surface area contributed by atoms with Crippen LogP contribution in [0.4, 0.5) is 0 Å². The van der Waals surface area contributed by atoms with Crippen molar-refractivity contribution in [3.63, 3.8) is 0 Å². The van der Waals surface area contributed by atoms with Crippen LogP contribution < -0.4 is 0 Å². The normalized spacial score (nSPS) is 10.9. The molecule has 1 aromatic heterocycles. The van der Waals surface area contributed by atoms with Gasteiger partial charge in [-0.1, -0.05) is 79.3 Å². The van der Waals surface area contributed by atoms with E-state index in [1.807, 2.05) is 30.0 Å². The molecule has 3 nitrogen and oxygen atoms in total. The molecule has 2 aromatic carbocycles. The largest absolute Gasteiger partial charge is 0.302 e. The van der Waals surface area contributed by atoms with Gasteiger partial charge in [-0.05, 0) is 24.8 Å². The third-order valence-corrected chi connectivity index (χ3v) is 4.93. The highest BCUT2D eigenvalue weighted by molar-refractivity contribution is 7.99. The number of hydrogen-bond acceptors (Lipinski definition) is 3. The molecule has 0 N–H and O–H groups in total. The summed E-state index contributed by atoms with van der Waals surface area (Å²) >= 11 is 1.81. The smallest absolute Gasteiger partial charge is 0.191 e. The Balaban J connectivity index is 1.64. The Kier molecular flexibility index (Phi) is 6.07. The topological polar surface area (TPSA) is 30.7 Å². The summed E-state index contributed by atoms with van der Waals surface area (Å²) in [5, 5.41) is 9.90. The second-order valence-electron chi connectivity index (χ2n) is 5.76. The number of benzene rings is 2. The van der Waals surface area contributed by atoms with Gasteiger partial charge in [0, 0.05) is 17.9 Å². The summed E-state index contributed by atoms with van der Waals surface area (Å²) < 4.78 is 2.25. The van der Waals surface area contributed by atoms with Crippen LogP contribution in [0.3, 0.4) is 0 Å². The minimum absolute atomic E-state index is 0.957. The highest BCUT2D eigenvalue weighted by Gasteiger charge is 2.13. The quantitative estimate of drug-likeness (QED) is 0.424. The van der Waals surface area contributed by atoms with Crippen LogP contribution >= 0.6 is 11.8 Å². The lowest BCUT2D eigenvalue weighted by Gasteiger charge is -2.08. The first-order valence-corrected chi connectivity index (χ1v) is 9.52. The molecule has 0 aliphatic carbocycles. The first-order valence-electron chi connectivity index (χ1n) is 8.54. The van der Waals surface area contributed by atoms with Crippen LogP contribution in [0.5, 0.6) is 0 Å². The number of aryl methyl sites for hydroxylation is 1. The van der Waals surface area contributed by atoms with Crippen LogP contribution in [-0.2, 0) is 13.0 Å². The van der Waals surface area contributed by atoms with Crippen LogP contribution in [0.1, 0.15) is 25.3 Å². The standard InChI is InChI=1S/C20H23N3S/c1-2-15-23-19(18-13-7-4-8-14-18)21-22-20(23)24-16-9-12-17-10-5-3-6-11-17/h3-8,10-11,13-14H,2,9,12,15-16H2,1H3. The highest BCUT2D eigenvalue weighted by Crippen LogP contribution is 2.25. The van der Waals surface area contributed by atoms with Gasteiger partial charge in [-0.15, -0.1) is 10.2 Å². The zero-order chi connectivity index (χ0) is 16.6. The van der Waals surface area contributed by atoms with Gasteiger partial charge in [-0.2, -0.15) is 0 Å². The molecule has 0 saturated heterocycles. The van der Waals surface area contributed by atoms with Crippen molar-refractivity contribution in [1.82, 2.24) is 14.8 Å². The molecule has 0 fully saturated rings. The van der Waals surface area contributed by atoms with Gasteiger partial charge in [-0.3, -0.25) is 0 Å². The minimum atomic E-state index is 0.957. The van der Waals surface area contributed by atoms with Crippen molar-refractivity contribution in [2.75, 3.05) is 5.75 Å². The van der Waals surface area contributed by atoms with Crippen molar-refractivity contribution in [2.45, 2.75) is 37.9 Å². The van der Waals surface area contributed by atoms with Gasteiger partial charge in [0.05, 0.1) is 0 Å². The van der Waals surface area contributed by atoms with Gasteiger partial charge >= 0.3 is 0 Å². The summed E-state index contributed by atoms with van der Waals surface area (Å²) in [7, 11) is 0. The lowest BCUT2D eigenvalue weighted by molar-refractivity contribution is 0.626. The van der Waals surface area contributed by atoms with E-state index in [0.29, 0.717) is 0 Å². The lowest BCUT2D eigenvalue weighted by Crippen LogP contribution is -2.02. The van der Waals surface area contributed by atoms with E-state index in [9.17, 15) is 0 Å². The number of rotatable bonds is 8. The van der Waals surface area contributed by atoms with Crippen LogP contribution in [0, 0.1) is 0 Å². The molecule has 24 heavy (non-hydrogen) atoms. The van der Waals surface area contributed by atoms with E-state index in [1.165, 1.54) is 5.56 Å². The molecule has 1 heterocycles. The first-order chi connectivity index (χ1) is 11.9. The molecule has 0 bridgehead atoms. The Morgan fingerprint density at radius 1 is 0.917 bits per heavy atom. The molecule has 0 unspecified atom stereocenters. The number of nitrogens with zero attached hydrogens (tertiary/aromatic N) is 3. The fourth-order valence-electron chi connectivity index (χ4n) is 2.71. The summed E-state index contributed by atoms with van der Waals surface area (Å²) in [6.07, 6.45) is 3.34. The molecule has 0 aliphatic heterocycles. The Hall–Kier alpha value is -2.07.